The molecule has 0 spiro atoms. The Hall–Kier alpha value is -3.02. The van der Waals surface area contributed by atoms with E-state index in [4.69, 9.17) is 14.2 Å². The van der Waals surface area contributed by atoms with Gasteiger partial charge in [-0.3, -0.25) is 9.59 Å². The number of hydrogen-bond donors (Lipinski definition) is 1. The molecule has 0 aliphatic carbocycles. The Morgan fingerprint density at radius 1 is 1.00 bits per heavy atom. The largest absolute Gasteiger partial charge is 0.497 e. The van der Waals surface area contributed by atoms with Gasteiger partial charge in [0.05, 0.1) is 13.7 Å². The van der Waals surface area contributed by atoms with Crippen molar-refractivity contribution < 1.29 is 23.8 Å². The number of benzene rings is 2. The second-order valence-corrected chi connectivity index (χ2v) is 6.52. The summed E-state index contributed by atoms with van der Waals surface area (Å²) in [4.78, 5) is 24.3. The van der Waals surface area contributed by atoms with Crippen LogP contribution in [-0.2, 0) is 14.3 Å². The fourth-order valence-corrected chi connectivity index (χ4v) is 2.62. The van der Waals surface area contributed by atoms with Crippen molar-refractivity contribution in [3.63, 3.8) is 0 Å². The fraction of sp³-hybridized carbons (Fsp3) is 0.364. The molecule has 6 nitrogen and oxygen atoms in total. The van der Waals surface area contributed by atoms with Gasteiger partial charge in [0.15, 0.2) is 6.10 Å². The van der Waals surface area contributed by atoms with Gasteiger partial charge in [0.25, 0.3) is 5.91 Å². The zero-order valence-corrected chi connectivity index (χ0v) is 16.8. The molecule has 0 radical (unpaired) electrons. The van der Waals surface area contributed by atoms with Gasteiger partial charge >= 0.3 is 5.97 Å². The van der Waals surface area contributed by atoms with Gasteiger partial charge in [-0.2, -0.15) is 0 Å². The maximum atomic E-state index is 12.3. The lowest BCUT2D eigenvalue weighted by atomic mass is 10.1. The van der Waals surface area contributed by atoms with Crippen LogP contribution in [0.2, 0.25) is 0 Å². The lowest BCUT2D eigenvalue weighted by Crippen LogP contribution is -2.30. The van der Waals surface area contributed by atoms with Crippen molar-refractivity contribution in [2.75, 3.05) is 19.0 Å². The molecular weight excluding hydrogens is 358 g/mol. The second-order valence-electron chi connectivity index (χ2n) is 6.52. The van der Waals surface area contributed by atoms with Crippen LogP contribution in [0.5, 0.6) is 11.5 Å². The number of carbonyl (C=O) groups is 2. The predicted molar refractivity (Wildman–Crippen MR) is 108 cm³/mol. The Bertz CT molecular complexity index is 781. The van der Waals surface area contributed by atoms with Gasteiger partial charge in [0, 0.05) is 12.1 Å². The maximum Gasteiger partial charge on any atom is 0.306 e. The highest BCUT2D eigenvalue weighted by Gasteiger charge is 2.19. The standard InChI is InChI=1S/C22H27NO5/c1-15-7-5-8-16(2)21(15)23-22(25)17(3)28-20(24)9-6-14-27-19-12-10-18(26-4)11-13-19/h5,7-8,10-13,17H,6,9,14H2,1-4H3,(H,23,25)/t17-/m0/s1. The molecule has 0 fully saturated rings. The van der Waals surface area contributed by atoms with Crippen LogP contribution >= 0.6 is 0 Å². The fourth-order valence-electron chi connectivity index (χ4n) is 2.62. The van der Waals surface area contributed by atoms with Crippen LogP contribution in [0.1, 0.15) is 30.9 Å². The Morgan fingerprint density at radius 2 is 1.61 bits per heavy atom. The van der Waals surface area contributed by atoms with Crippen molar-refractivity contribution in [1.29, 1.82) is 0 Å². The Balaban J connectivity index is 1.72. The summed E-state index contributed by atoms with van der Waals surface area (Å²) in [7, 11) is 1.60. The maximum absolute atomic E-state index is 12.3. The minimum atomic E-state index is -0.867. The molecule has 0 unspecified atom stereocenters. The van der Waals surface area contributed by atoms with Gasteiger partial charge in [-0.15, -0.1) is 0 Å². The van der Waals surface area contributed by atoms with Gasteiger partial charge in [-0.1, -0.05) is 18.2 Å². The normalized spacial score (nSPS) is 11.4. The van der Waals surface area contributed by atoms with Crippen LogP contribution in [0.3, 0.4) is 0 Å². The summed E-state index contributed by atoms with van der Waals surface area (Å²) in [6, 6.07) is 13.0. The van der Waals surface area contributed by atoms with Gasteiger partial charge in [-0.25, -0.2) is 0 Å². The molecule has 6 heteroatoms. The Labute approximate surface area is 165 Å². The summed E-state index contributed by atoms with van der Waals surface area (Å²) in [5, 5.41) is 2.83. The molecule has 0 saturated carbocycles. The van der Waals surface area contributed by atoms with Gasteiger partial charge in [0.2, 0.25) is 0 Å². The highest BCUT2D eigenvalue weighted by molar-refractivity contribution is 5.96. The highest BCUT2D eigenvalue weighted by atomic mass is 16.5. The lowest BCUT2D eigenvalue weighted by molar-refractivity contribution is -0.153. The number of methoxy groups -OCH3 is 1. The van der Waals surface area contributed by atoms with E-state index in [2.05, 4.69) is 5.32 Å². The topological polar surface area (TPSA) is 73.9 Å². The number of ether oxygens (including phenoxy) is 3. The molecule has 150 valence electrons. The first-order valence-electron chi connectivity index (χ1n) is 9.24. The molecule has 0 aliphatic rings. The quantitative estimate of drug-likeness (QED) is 0.521. The molecule has 0 aromatic heterocycles. The first-order chi connectivity index (χ1) is 13.4. The predicted octanol–water partition coefficient (Wildman–Crippen LogP) is 4.04. The number of para-hydroxylation sites is 1. The monoisotopic (exact) mass is 385 g/mol. The molecule has 28 heavy (non-hydrogen) atoms. The number of hydrogen-bond acceptors (Lipinski definition) is 5. The molecule has 0 bridgehead atoms. The highest BCUT2D eigenvalue weighted by Crippen LogP contribution is 2.20. The molecule has 0 heterocycles. The van der Waals surface area contributed by atoms with Crippen LogP contribution in [0.4, 0.5) is 5.69 Å². The van der Waals surface area contributed by atoms with E-state index in [1.807, 2.05) is 32.0 Å². The van der Waals surface area contributed by atoms with Gasteiger partial charge in [-0.05, 0) is 62.6 Å². The average molecular weight is 385 g/mol. The molecule has 0 aliphatic heterocycles. The number of esters is 1. The number of carbonyl (C=O) groups excluding carboxylic acids is 2. The van der Waals surface area contributed by atoms with Crippen LogP contribution in [0, 0.1) is 13.8 Å². The van der Waals surface area contributed by atoms with Crippen molar-refractivity contribution >= 4 is 17.6 Å². The third kappa shape index (κ3) is 6.30. The van der Waals surface area contributed by atoms with E-state index in [1.54, 1.807) is 38.3 Å². The number of rotatable bonds is 9. The Kier molecular flexibility index (Phi) is 7.87. The number of aryl methyl sites for hydroxylation is 2. The minimum absolute atomic E-state index is 0.178. The van der Waals surface area contributed by atoms with E-state index in [0.29, 0.717) is 18.8 Å². The summed E-state index contributed by atoms with van der Waals surface area (Å²) in [5.74, 6) is 0.683. The smallest absolute Gasteiger partial charge is 0.306 e. The van der Waals surface area contributed by atoms with Crippen LogP contribution in [0.15, 0.2) is 42.5 Å². The first kappa shape index (κ1) is 21.3. The third-order valence-corrected chi connectivity index (χ3v) is 4.26. The number of anilines is 1. The van der Waals surface area contributed by atoms with Gasteiger partial charge in [0.1, 0.15) is 11.5 Å². The molecule has 1 atom stereocenters. The van der Waals surface area contributed by atoms with Crippen molar-refractivity contribution in [1.82, 2.24) is 0 Å². The molecule has 2 aromatic carbocycles. The summed E-state index contributed by atoms with van der Waals surface area (Å²) in [6.07, 6.45) is -0.193. The van der Waals surface area contributed by atoms with Crippen molar-refractivity contribution in [3.05, 3.63) is 53.6 Å². The molecule has 0 saturated heterocycles. The van der Waals surface area contributed by atoms with Crippen LogP contribution < -0.4 is 14.8 Å². The van der Waals surface area contributed by atoms with E-state index < -0.39 is 12.1 Å². The minimum Gasteiger partial charge on any atom is -0.497 e. The van der Waals surface area contributed by atoms with Crippen molar-refractivity contribution in [2.45, 2.75) is 39.7 Å². The van der Waals surface area contributed by atoms with Gasteiger partial charge < -0.3 is 19.5 Å². The van der Waals surface area contributed by atoms with Crippen molar-refractivity contribution in [3.8, 4) is 11.5 Å². The second kappa shape index (κ2) is 10.3. The first-order valence-corrected chi connectivity index (χ1v) is 9.24. The van der Waals surface area contributed by atoms with Crippen LogP contribution in [-0.4, -0.2) is 31.7 Å². The van der Waals surface area contributed by atoms with E-state index in [1.165, 1.54) is 0 Å². The van der Waals surface area contributed by atoms with E-state index >= 15 is 0 Å². The molecule has 2 rings (SSSR count). The molecule has 2 aromatic rings. The van der Waals surface area contributed by atoms with E-state index in [0.717, 1.165) is 22.6 Å². The summed E-state index contributed by atoms with van der Waals surface area (Å²) in [6.45, 7) is 5.78. The summed E-state index contributed by atoms with van der Waals surface area (Å²) >= 11 is 0. The van der Waals surface area contributed by atoms with Crippen LogP contribution in [0.25, 0.3) is 0 Å². The number of amides is 1. The SMILES string of the molecule is COc1ccc(OCCCC(=O)O[C@@H](C)C(=O)Nc2c(C)cccc2C)cc1. The lowest BCUT2D eigenvalue weighted by Gasteiger charge is -2.16. The molecular formula is C22H27NO5. The zero-order valence-electron chi connectivity index (χ0n) is 16.8. The van der Waals surface area contributed by atoms with Crippen molar-refractivity contribution in [2.24, 2.45) is 0 Å². The number of nitrogens with one attached hydrogen (secondary N) is 1. The summed E-state index contributed by atoms with van der Waals surface area (Å²) in [5.41, 5.74) is 2.67. The third-order valence-electron chi connectivity index (χ3n) is 4.26. The van der Waals surface area contributed by atoms with E-state index in [-0.39, 0.29) is 12.3 Å². The molecule has 1 amide bonds. The molecule has 1 N–H and O–H groups in total. The van der Waals surface area contributed by atoms with E-state index in [9.17, 15) is 9.59 Å². The summed E-state index contributed by atoms with van der Waals surface area (Å²) < 4.78 is 15.9. The zero-order chi connectivity index (χ0) is 20.5. The average Bonchev–Trinajstić information content (AvgIpc) is 2.68. The Morgan fingerprint density at radius 3 is 2.21 bits per heavy atom.